The van der Waals surface area contributed by atoms with Crippen molar-refractivity contribution in [1.82, 2.24) is 0 Å². The molecule has 0 aliphatic carbocycles. The number of fused-ring (bicyclic) bond motifs is 1. The highest BCUT2D eigenvalue weighted by Crippen LogP contribution is 2.32. The topological polar surface area (TPSA) is 24.5 Å². The second-order valence-electron chi connectivity index (χ2n) is 5.34. The Morgan fingerprint density at radius 1 is 1.29 bits per heavy atom. The summed E-state index contributed by atoms with van der Waals surface area (Å²) in [4.78, 5) is 2.30. The SMILES string of the molecule is COc1ccc(CN2c3ccccc3NCC2C)cc1F. The van der Waals surface area contributed by atoms with Crippen LogP contribution in [-0.4, -0.2) is 19.7 Å². The molecule has 4 heteroatoms. The van der Waals surface area contributed by atoms with Crippen LogP contribution >= 0.6 is 0 Å². The van der Waals surface area contributed by atoms with Crippen LogP contribution in [0.1, 0.15) is 12.5 Å². The van der Waals surface area contributed by atoms with Gasteiger partial charge < -0.3 is 15.0 Å². The first-order chi connectivity index (χ1) is 10.2. The van der Waals surface area contributed by atoms with Gasteiger partial charge in [-0.3, -0.25) is 0 Å². The molecule has 1 aliphatic rings. The second-order valence-corrected chi connectivity index (χ2v) is 5.34. The van der Waals surface area contributed by atoms with E-state index in [9.17, 15) is 4.39 Å². The summed E-state index contributed by atoms with van der Waals surface area (Å²) in [6, 6.07) is 13.7. The number of methoxy groups -OCH3 is 1. The summed E-state index contributed by atoms with van der Waals surface area (Å²) in [7, 11) is 1.48. The highest BCUT2D eigenvalue weighted by atomic mass is 19.1. The molecule has 0 saturated heterocycles. The van der Waals surface area contributed by atoms with Crippen LogP contribution < -0.4 is 15.0 Å². The Morgan fingerprint density at radius 3 is 2.86 bits per heavy atom. The number of anilines is 2. The van der Waals surface area contributed by atoms with E-state index in [2.05, 4.69) is 29.3 Å². The molecule has 0 saturated carbocycles. The molecule has 1 aliphatic heterocycles. The number of hydrogen-bond donors (Lipinski definition) is 1. The standard InChI is InChI=1S/C17H19FN2O/c1-12-10-19-15-5-3-4-6-16(15)20(12)11-13-7-8-17(21-2)14(18)9-13/h3-9,12,19H,10-11H2,1-2H3. The molecule has 1 N–H and O–H groups in total. The van der Waals surface area contributed by atoms with Gasteiger partial charge >= 0.3 is 0 Å². The normalized spacial score (nSPS) is 17.1. The number of para-hydroxylation sites is 2. The van der Waals surface area contributed by atoms with Crippen molar-refractivity contribution in [3.8, 4) is 5.75 Å². The molecular weight excluding hydrogens is 267 g/mol. The van der Waals surface area contributed by atoms with Crippen LogP contribution in [0.25, 0.3) is 0 Å². The van der Waals surface area contributed by atoms with Crippen molar-refractivity contribution in [2.45, 2.75) is 19.5 Å². The quantitative estimate of drug-likeness (QED) is 0.932. The lowest BCUT2D eigenvalue weighted by atomic mass is 10.1. The summed E-state index contributed by atoms with van der Waals surface area (Å²) in [6.45, 7) is 3.74. The smallest absolute Gasteiger partial charge is 0.165 e. The first-order valence-electron chi connectivity index (χ1n) is 7.11. The van der Waals surface area contributed by atoms with E-state index in [1.165, 1.54) is 7.11 Å². The second kappa shape index (κ2) is 5.64. The van der Waals surface area contributed by atoms with Crippen molar-refractivity contribution in [1.29, 1.82) is 0 Å². The van der Waals surface area contributed by atoms with Crippen LogP contribution in [0.15, 0.2) is 42.5 Å². The molecule has 1 atom stereocenters. The molecule has 3 nitrogen and oxygen atoms in total. The van der Waals surface area contributed by atoms with Crippen LogP contribution in [0.5, 0.6) is 5.75 Å². The van der Waals surface area contributed by atoms with Gasteiger partial charge in [0.25, 0.3) is 0 Å². The average molecular weight is 286 g/mol. The number of nitrogens with zero attached hydrogens (tertiary/aromatic N) is 1. The van der Waals surface area contributed by atoms with Crippen LogP contribution in [0.2, 0.25) is 0 Å². The summed E-state index contributed by atoms with van der Waals surface area (Å²) in [5.74, 6) is -0.0291. The Morgan fingerprint density at radius 2 is 2.10 bits per heavy atom. The van der Waals surface area contributed by atoms with Gasteiger partial charge in [0.05, 0.1) is 18.5 Å². The fourth-order valence-electron chi connectivity index (χ4n) is 2.72. The van der Waals surface area contributed by atoms with E-state index in [1.807, 2.05) is 18.2 Å². The summed E-state index contributed by atoms with van der Waals surface area (Å²) in [5, 5.41) is 3.42. The van der Waals surface area contributed by atoms with Gasteiger partial charge in [-0.25, -0.2) is 4.39 Å². The molecule has 2 aromatic rings. The molecule has 21 heavy (non-hydrogen) atoms. The number of ether oxygens (including phenoxy) is 1. The number of nitrogens with one attached hydrogen (secondary N) is 1. The molecule has 0 radical (unpaired) electrons. The number of hydrogen-bond acceptors (Lipinski definition) is 3. The largest absolute Gasteiger partial charge is 0.494 e. The third kappa shape index (κ3) is 2.66. The molecule has 0 fully saturated rings. The summed E-state index contributed by atoms with van der Waals surface area (Å²) in [6.07, 6.45) is 0. The zero-order chi connectivity index (χ0) is 14.8. The predicted octanol–water partition coefficient (Wildman–Crippen LogP) is 3.65. The monoisotopic (exact) mass is 286 g/mol. The molecule has 0 aromatic heterocycles. The van der Waals surface area contributed by atoms with Crippen molar-refractivity contribution < 1.29 is 9.13 Å². The lowest BCUT2D eigenvalue weighted by Crippen LogP contribution is -2.41. The lowest BCUT2D eigenvalue weighted by Gasteiger charge is -2.37. The summed E-state index contributed by atoms with van der Waals surface area (Å²) < 4.78 is 18.8. The Labute approximate surface area is 124 Å². The maximum Gasteiger partial charge on any atom is 0.165 e. The molecule has 0 spiro atoms. The zero-order valence-electron chi connectivity index (χ0n) is 12.3. The third-order valence-corrected chi connectivity index (χ3v) is 3.90. The molecule has 3 rings (SSSR count). The van der Waals surface area contributed by atoms with Crippen molar-refractivity contribution in [2.75, 3.05) is 23.9 Å². The van der Waals surface area contributed by atoms with Crippen molar-refractivity contribution in [2.24, 2.45) is 0 Å². The van der Waals surface area contributed by atoms with E-state index in [4.69, 9.17) is 4.74 Å². The molecule has 0 amide bonds. The van der Waals surface area contributed by atoms with Crippen LogP contribution in [-0.2, 0) is 6.54 Å². The maximum atomic E-state index is 13.8. The average Bonchev–Trinajstić information content (AvgIpc) is 2.50. The third-order valence-electron chi connectivity index (χ3n) is 3.90. The minimum absolute atomic E-state index is 0.285. The van der Waals surface area contributed by atoms with Gasteiger partial charge in [-0.15, -0.1) is 0 Å². The molecule has 1 heterocycles. The van der Waals surface area contributed by atoms with Crippen LogP contribution in [0.4, 0.5) is 15.8 Å². The lowest BCUT2D eigenvalue weighted by molar-refractivity contribution is 0.386. The van der Waals surface area contributed by atoms with Crippen LogP contribution in [0.3, 0.4) is 0 Å². The number of rotatable bonds is 3. The summed E-state index contributed by atoms with van der Waals surface area (Å²) >= 11 is 0. The van der Waals surface area contributed by atoms with E-state index in [0.717, 1.165) is 23.5 Å². The maximum absolute atomic E-state index is 13.8. The minimum atomic E-state index is -0.314. The number of benzene rings is 2. The van der Waals surface area contributed by atoms with E-state index < -0.39 is 0 Å². The van der Waals surface area contributed by atoms with E-state index in [0.29, 0.717) is 12.6 Å². The molecule has 0 bridgehead atoms. The van der Waals surface area contributed by atoms with Gasteiger partial charge in [0.1, 0.15) is 0 Å². The van der Waals surface area contributed by atoms with Crippen molar-refractivity contribution in [3.63, 3.8) is 0 Å². The fraction of sp³-hybridized carbons (Fsp3) is 0.294. The van der Waals surface area contributed by atoms with Crippen molar-refractivity contribution in [3.05, 3.63) is 53.8 Å². The number of halogens is 1. The Kier molecular flexibility index (Phi) is 3.69. The van der Waals surface area contributed by atoms with Gasteiger partial charge in [-0.1, -0.05) is 18.2 Å². The highest BCUT2D eigenvalue weighted by Gasteiger charge is 2.22. The molecular formula is C17H19FN2O. The van der Waals surface area contributed by atoms with Gasteiger partial charge in [0.15, 0.2) is 11.6 Å². The highest BCUT2D eigenvalue weighted by molar-refractivity contribution is 5.72. The summed E-state index contributed by atoms with van der Waals surface area (Å²) in [5.41, 5.74) is 3.23. The first kappa shape index (κ1) is 13.7. The minimum Gasteiger partial charge on any atom is -0.494 e. The fourth-order valence-corrected chi connectivity index (χ4v) is 2.72. The zero-order valence-corrected chi connectivity index (χ0v) is 12.3. The Balaban J connectivity index is 1.89. The van der Waals surface area contributed by atoms with Gasteiger partial charge in [0, 0.05) is 19.1 Å². The Bertz CT molecular complexity index is 644. The van der Waals surface area contributed by atoms with E-state index in [-0.39, 0.29) is 11.6 Å². The van der Waals surface area contributed by atoms with Crippen LogP contribution in [0, 0.1) is 5.82 Å². The van der Waals surface area contributed by atoms with Gasteiger partial charge in [-0.05, 0) is 36.8 Å². The molecule has 2 aromatic carbocycles. The molecule has 1 unspecified atom stereocenters. The Hall–Kier alpha value is -2.23. The van der Waals surface area contributed by atoms with Gasteiger partial charge in [0.2, 0.25) is 0 Å². The van der Waals surface area contributed by atoms with Gasteiger partial charge in [-0.2, -0.15) is 0 Å². The first-order valence-corrected chi connectivity index (χ1v) is 7.11. The van der Waals surface area contributed by atoms with Crippen molar-refractivity contribution >= 4 is 11.4 Å². The van der Waals surface area contributed by atoms with E-state index >= 15 is 0 Å². The predicted molar refractivity (Wildman–Crippen MR) is 83.5 cm³/mol. The van der Waals surface area contributed by atoms with E-state index in [1.54, 1.807) is 12.1 Å². The molecule has 110 valence electrons.